The molecule has 2 aromatic heterocycles. The second-order valence-corrected chi connectivity index (χ2v) is 7.28. The van der Waals surface area contributed by atoms with Crippen LogP contribution in [0.5, 0.6) is 0 Å². The van der Waals surface area contributed by atoms with E-state index in [1.165, 1.54) is 0 Å². The van der Waals surface area contributed by atoms with Crippen molar-refractivity contribution in [1.29, 1.82) is 0 Å². The van der Waals surface area contributed by atoms with Gasteiger partial charge in [-0.05, 0) is 54.8 Å². The van der Waals surface area contributed by atoms with Crippen LogP contribution in [0.4, 0.5) is 5.69 Å². The second kappa shape index (κ2) is 7.15. The molecule has 6 heteroatoms. The lowest BCUT2D eigenvalue weighted by atomic mass is 9.95. The van der Waals surface area contributed by atoms with Crippen molar-refractivity contribution < 1.29 is 14.0 Å². The van der Waals surface area contributed by atoms with Gasteiger partial charge in [-0.3, -0.25) is 9.59 Å². The zero-order valence-corrected chi connectivity index (χ0v) is 16.2. The highest BCUT2D eigenvalue weighted by Gasteiger charge is 2.28. The van der Waals surface area contributed by atoms with Crippen molar-refractivity contribution in [3.05, 3.63) is 83.6 Å². The minimum atomic E-state index is -0.476. The maximum atomic E-state index is 13.7. The minimum Gasteiger partial charge on any atom is -0.463 e. The number of aromatic nitrogens is 1. The number of carbonyl (C=O) groups excluding carboxylic acids is 2. The molecule has 5 rings (SSSR count). The van der Waals surface area contributed by atoms with Gasteiger partial charge in [-0.25, -0.2) is 4.98 Å². The summed E-state index contributed by atoms with van der Waals surface area (Å²) in [5.41, 5.74) is 9.47. The summed E-state index contributed by atoms with van der Waals surface area (Å²) in [5.74, 6) is -0.00976. The first-order chi connectivity index (χ1) is 14.6. The average molecular weight is 397 g/mol. The third-order valence-electron chi connectivity index (χ3n) is 5.48. The molecule has 6 nitrogen and oxygen atoms in total. The van der Waals surface area contributed by atoms with Gasteiger partial charge in [0.25, 0.3) is 5.91 Å². The maximum absolute atomic E-state index is 13.7. The van der Waals surface area contributed by atoms with Crippen LogP contribution >= 0.6 is 0 Å². The largest absolute Gasteiger partial charge is 0.463 e. The molecule has 2 amide bonds. The molecule has 0 spiro atoms. The SMILES string of the molecule is NC(=O)c1cccc2c1CCCN2C(=O)c1cc(-c2ccco2)nc2ccccc12. The number of benzene rings is 2. The Balaban J connectivity index is 1.67. The Labute approximate surface area is 172 Å². The summed E-state index contributed by atoms with van der Waals surface area (Å²) in [4.78, 5) is 32.0. The first kappa shape index (κ1) is 18.1. The topological polar surface area (TPSA) is 89.4 Å². The van der Waals surface area contributed by atoms with Crippen molar-refractivity contribution in [3.8, 4) is 11.5 Å². The Hall–Kier alpha value is -3.93. The summed E-state index contributed by atoms with van der Waals surface area (Å²) in [5, 5.41) is 0.774. The van der Waals surface area contributed by atoms with E-state index >= 15 is 0 Å². The van der Waals surface area contributed by atoms with Crippen LogP contribution in [0.15, 0.2) is 71.3 Å². The number of nitrogens with two attached hydrogens (primary N) is 1. The van der Waals surface area contributed by atoms with Crippen LogP contribution in [0, 0.1) is 0 Å². The molecule has 0 aliphatic carbocycles. The van der Waals surface area contributed by atoms with E-state index in [0.717, 1.165) is 28.6 Å². The molecule has 0 saturated heterocycles. The van der Waals surface area contributed by atoms with E-state index in [-0.39, 0.29) is 5.91 Å². The molecule has 0 bridgehead atoms. The molecule has 0 radical (unpaired) electrons. The van der Waals surface area contributed by atoms with Crippen LogP contribution in [0.1, 0.15) is 32.7 Å². The number of anilines is 1. The summed E-state index contributed by atoms with van der Waals surface area (Å²) < 4.78 is 5.51. The molecular formula is C24H19N3O3. The molecule has 1 aliphatic rings. The first-order valence-corrected chi connectivity index (χ1v) is 9.81. The van der Waals surface area contributed by atoms with E-state index in [9.17, 15) is 9.59 Å². The number of carbonyl (C=O) groups is 2. The normalized spacial score (nSPS) is 13.3. The number of hydrogen-bond donors (Lipinski definition) is 1. The van der Waals surface area contributed by atoms with Crippen molar-refractivity contribution in [2.24, 2.45) is 5.73 Å². The molecule has 1 aliphatic heterocycles. The van der Waals surface area contributed by atoms with Gasteiger partial charge in [-0.2, -0.15) is 0 Å². The Kier molecular flexibility index (Phi) is 4.32. The van der Waals surface area contributed by atoms with Crippen molar-refractivity contribution in [1.82, 2.24) is 4.98 Å². The van der Waals surface area contributed by atoms with Gasteiger partial charge in [0.05, 0.1) is 17.3 Å². The number of pyridine rings is 1. The number of nitrogens with zero attached hydrogens (tertiary/aromatic N) is 2. The highest BCUT2D eigenvalue weighted by molar-refractivity contribution is 6.15. The summed E-state index contributed by atoms with van der Waals surface area (Å²) in [6.07, 6.45) is 3.06. The van der Waals surface area contributed by atoms with Gasteiger partial charge < -0.3 is 15.1 Å². The third kappa shape index (κ3) is 2.93. The van der Waals surface area contributed by atoms with E-state index in [1.54, 1.807) is 35.4 Å². The Bertz CT molecular complexity index is 1280. The first-order valence-electron chi connectivity index (χ1n) is 9.81. The molecule has 0 unspecified atom stereocenters. The van der Waals surface area contributed by atoms with Gasteiger partial charge in [-0.15, -0.1) is 0 Å². The predicted octanol–water partition coefficient (Wildman–Crippen LogP) is 4.19. The van der Waals surface area contributed by atoms with Gasteiger partial charge >= 0.3 is 0 Å². The molecule has 0 saturated carbocycles. The monoisotopic (exact) mass is 397 g/mol. The zero-order chi connectivity index (χ0) is 20.7. The van der Waals surface area contributed by atoms with Gasteiger partial charge in [0.2, 0.25) is 5.91 Å². The second-order valence-electron chi connectivity index (χ2n) is 7.28. The molecular weight excluding hydrogens is 378 g/mol. The average Bonchev–Trinajstić information content (AvgIpc) is 3.32. The highest BCUT2D eigenvalue weighted by atomic mass is 16.3. The van der Waals surface area contributed by atoms with Crippen LogP contribution in [0.3, 0.4) is 0 Å². The van der Waals surface area contributed by atoms with Crippen molar-refractivity contribution >= 4 is 28.4 Å². The van der Waals surface area contributed by atoms with Crippen LogP contribution in [0.2, 0.25) is 0 Å². The standard InChI is InChI=1S/C24H19N3O3/c25-23(28)17-7-3-10-21-16(17)8-4-12-27(21)24(29)18-14-20(22-11-5-13-30-22)26-19-9-2-1-6-15(18)19/h1-3,5-7,9-11,13-14H,4,8,12H2,(H2,25,28). The van der Waals surface area contributed by atoms with E-state index < -0.39 is 5.91 Å². The molecule has 0 atom stereocenters. The summed E-state index contributed by atoms with van der Waals surface area (Å²) in [7, 11) is 0. The van der Waals surface area contributed by atoms with Crippen LogP contribution in [0.25, 0.3) is 22.4 Å². The van der Waals surface area contributed by atoms with Gasteiger partial charge in [0, 0.05) is 23.2 Å². The van der Waals surface area contributed by atoms with Crippen LogP contribution in [-0.4, -0.2) is 23.3 Å². The van der Waals surface area contributed by atoms with Crippen LogP contribution in [-0.2, 0) is 6.42 Å². The number of fused-ring (bicyclic) bond motifs is 2. The van der Waals surface area contributed by atoms with Gasteiger partial charge in [0.15, 0.2) is 5.76 Å². The maximum Gasteiger partial charge on any atom is 0.259 e. The Morgan fingerprint density at radius 1 is 1.00 bits per heavy atom. The fraction of sp³-hybridized carbons (Fsp3) is 0.125. The van der Waals surface area contributed by atoms with Crippen LogP contribution < -0.4 is 10.6 Å². The Morgan fingerprint density at radius 3 is 2.67 bits per heavy atom. The predicted molar refractivity (Wildman–Crippen MR) is 114 cm³/mol. The zero-order valence-electron chi connectivity index (χ0n) is 16.2. The lowest BCUT2D eigenvalue weighted by molar-refractivity contribution is 0.0978. The molecule has 0 fully saturated rings. The summed E-state index contributed by atoms with van der Waals surface area (Å²) >= 11 is 0. The fourth-order valence-electron chi connectivity index (χ4n) is 4.11. The number of furan rings is 1. The van der Waals surface area contributed by atoms with E-state index in [2.05, 4.69) is 4.98 Å². The van der Waals surface area contributed by atoms with Gasteiger partial charge in [-0.1, -0.05) is 24.3 Å². The Morgan fingerprint density at radius 2 is 1.87 bits per heavy atom. The molecule has 148 valence electrons. The van der Waals surface area contributed by atoms with E-state index in [0.29, 0.717) is 35.5 Å². The smallest absolute Gasteiger partial charge is 0.259 e. The number of primary amides is 1. The molecule has 3 heterocycles. The quantitative estimate of drug-likeness (QED) is 0.561. The van der Waals surface area contributed by atoms with E-state index in [1.807, 2.05) is 36.4 Å². The van der Waals surface area contributed by atoms with Crippen molar-refractivity contribution in [3.63, 3.8) is 0 Å². The highest BCUT2D eigenvalue weighted by Crippen LogP contribution is 2.33. The molecule has 4 aromatic rings. The van der Waals surface area contributed by atoms with E-state index in [4.69, 9.17) is 10.2 Å². The van der Waals surface area contributed by atoms with Gasteiger partial charge in [0.1, 0.15) is 5.69 Å². The van der Waals surface area contributed by atoms with Crippen molar-refractivity contribution in [2.75, 3.05) is 11.4 Å². The summed E-state index contributed by atoms with van der Waals surface area (Å²) in [6.45, 7) is 0.570. The molecule has 2 N–H and O–H groups in total. The minimum absolute atomic E-state index is 0.135. The fourth-order valence-corrected chi connectivity index (χ4v) is 4.11. The number of rotatable bonds is 3. The number of para-hydroxylation sites is 1. The third-order valence-corrected chi connectivity index (χ3v) is 5.48. The number of amides is 2. The lowest BCUT2D eigenvalue weighted by Crippen LogP contribution is -2.36. The molecule has 2 aromatic carbocycles. The summed E-state index contributed by atoms with van der Waals surface area (Å²) in [6, 6.07) is 18.3. The van der Waals surface area contributed by atoms with Crippen molar-refractivity contribution in [2.45, 2.75) is 12.8 Å². The molecule has 30 heavy (non-hydrogen) atoms. The lowest BCUT2D eigenvalue weighted by Gasteiger charge is -2.31. The number of hydrogen-bond acceptors (Lipinski definition) is 4.